The van der Waals surface area contributed by atoms with E-state index in [1.807, 2.05) is 44.2 Å². The summed E-state index contributed by atoms with van der Waals surface area (Å²) in [5.74, 6) is 0.916. The number of aliphatic hydroxyl groups is 1. The van der Waals surface area contributed by atoms with Crippen molar-refractivity contribution in [1.82, 2.24) is 5.32 Å². The minimum absolute atomic E-state index is 0.0825. The lowest BCUT2D eigenvalue weighted by molar-refractivity contribution is 0.0274. The van der Waals surface area contributed by atoms with Crippen molar-refractivity contribution in [2.75, 3.05) is 32.2 Å². The Morgan fingerprint density at radius 1 is 1.14 bits per heavy atom. The summed E-state index contributed by atoms with van der Waals surface area (Å²) in [5.41, 5.74) is 1.90. The largest absolute Gasteiger partial charge is 0.495 e. The SMILES string of the molecule is COc1cc2c(cc1NC(=O)NCC(O)COCC(C)C)oc1ccccc12. The lowest BCUT2D eigenvalue weighted by Crippen LogP contribution is -2.37. The van der Waals surface area contributed by atoms with Gasteiger partial charge in [-0.3, -0.25) is 0 Å². The standard InChI is InChI=1S/C21H26N2O5/c1-13(2)11-27-12-14(24)10-22-21(25)23-17-9-19-16(8-20(17)26-3)15-6-4-5-7-18(15)28-19/h4-9,13-14,24H,10-12H2,1-3H3,(H2,22,23,25). The molecule has 0 saturated heterocycles. The summed E-state index contributed by atoms with van der Waals surface area (Å²) in [4.78, 5) is 12.2. The molecule has 1 unspecified atom stereocenters. The summed E-state index contributed by atoms with van der Waals surface area (Å²) in [7, 11) is 1.54. The molecule has 0 aliphatic rings. The van der Waals surface area contributed by atoms with Crippen LogP contribution in [0.25, 0.3) is 21.9 Å². The van der Waals surface area contributed by atoms with Crippen LogP contribution in [0.4, 0.5) is 10.5 Å². The molecule has 0 aliphatic carbocycles. The second-order valence-electron chi connectivity index (χ2n) is 7.07. The Hall–Kier alpha value is -2.77. The number of nitrogens with one attached hydrogen (secondary N) is 2. The first-order chi connectivity index (χ1) is 13.5. The van der Waals surface area contributed by atoms with E-state index in [1.165, 1.54) is 0 Å². The molecule has 3 aromatic rings. The Morgan fingerprint density at radius 3 is 2.68 bits per heavy atom. The zero-order valence-corrected chi connectivity index (χ0v) is 16.3. The van der Waals surface area contributed by atoms with Gasteiger partial charge in [-0.1, -0.05) is 32.0 Å². The van der Waals surface area contributed by atoms with Gasteiger partial charge in [-0.05, 0) is 18.1 Å². The van der Waals surface area contributed by atoms with Crippen LogP contribution >= 0.6 is 0 Å². The number of amides is 2. The molecule has 3 rings (SSSR count). The lowest BCUT2D eigenvalue weighted by Gasteiger charge is -2.15. The fourth-order valence-electron chi connectivity index (χ4n) is 2.89. The number of hydrogen-bond acceptors (Lipinski definition) is 5. The van der Waals surface area contributed by atoms with Gasteiger partial charge in [0.1, 0.15) is 16.9 Å². The van der Waals surface area contributed by atoms with Crippen LogP contribution in [0.1, 0.15) is 13.8 Å². The van der Waals surface area contributed by atoms with Crippen LogP contribution in [-0.2, 0) is 4.74 Å². The van der Waals surface area contributed by atoms with Crippen LogP contribution in [0.5, 0.6) is 5.75 Å². The molecule has 7 nitrogen and oxygen atoms in total. The molecule has 1 aromatic heterocycles. The van der Waals surface area contributed by atoms with Gasteiger partial charge in [0.2, 0.25) is 0 Å². The average molecular weight is 386 g/mol. The third-order valence-electron chi connectivity index (χ3n) is 4.21. The molecule has 28 heavy (non-hydrogen) atoms. The minimum atomic E-state index is -0.774. The number of carbonyl (C=O) groups is 1. The first-order valence-corrected chi connectivity index (χ1v) is 9.28. The van der Waals surface area contributed by atoms with Crippen molar-refractivity contribution < 1.29 is 23.8 Å². The number of ether oxygens (including phenoxy) is 2. The Bertz CT molecular complexity index is 951. The Labute approximate surface area is 163 Å². The quantitative estimate of drug-likeness (QED) is 0.548. The normalized spacial score (nSPS) is 12.5. The summed E-state index contributed by atoms with van der Waals surface area (Å²) in [6.07, 6.45) is -0.774. The van der Waals surface area contributed by atoms with Crippen LogP contribution in [0.3, 0.4) is 0 Å². The molecule has 0 spiro atoms. The van der Waals surface area contributed by atoms with Gasteiger partial charge >= 0.3 is 6.03 Å². The molecular weight excluding hydrogens is 360 g/mol. The van der Waals surface area contributed by atoms with Gasteiger partial charge in [-0.2, -0.15) is 0 Å². The molecule has 1 atom stereocenters. The number of fused-ring (bicyclic) bond motifs is 3. The second kappa shape index (κ2) is 8.95. The number of benzene rings is 2. The van der Waals surface area contributed by atoms with E-state index in [2.05, 4.69) is 10.6 Å². The molecule has 2 aromatic carbocycles. The zero-order valence-electron chi connectivity index (χ0n) is 16.3. The monoisotopic (exact) mass is 386 g/mol. The van der Waals surface area contributed by atoms with Crippen molar-refractivity contribution in [3.05, 3.63) is 36.4 Å². The minimum Gasteiger partial charge on any atom is -0.495 e. The van der Waals surface area contributed by atoms with E-state index in [1.54, 1.807) is 13.2 Å². The molecule has 0 fully saturated rings. The summed E-state index contributed by atoms with van der Waals surface area (Å²) >= 11 is 0. The van der Waals surface area contributed by atoms with E-state index in [-0.39, 0.29) is 13.2 Å². The highest BCUT2D eigenvalue weighted by Crippen LogP contribution is 2.36. The van der Waals surface area contributed by atoms with E-state index in [0.717, 1.165) is 16.4 Å². The van der Waals surface area contributed by atoms with Crippen molar-refractivity contribution >= 4 is 33.7 Å². The summed E-state index contributed by atoms with van der Waals surface area (Å²) in [6.45, 7) is 4.89. The van der Waals surface area contributed by atoms with E-state index in [9.17, 15) is 9.90 Å². The van der Waals surface area contributed by atoms with Crippen LogP contribution in [0.2, 0.25) is 0 Å². The highest BCUT2D eigenvalue weighted by molar-refractivity contribution is 6.07. The Balaban J connectivity index is 1.66. The molecule has 7 heteroatoms. The number of anilines is 1. The van der Waals surface area contributed by atoms with Crippen molar-refractivity contribution in [2.45, 2.75) is 20.0 Å². The van der Waals surface area contributed by atoms with E-state index < -0.39 is 12.1 Å². The number of methoxy groups -OCH3 is 1. The Morgan fingerprint density at radius 2 is 1.93 bits per heavy atom. The van der Waals surface area contributed by atoms with Crippen molar-refractivity contribution in [3.8, 4) is 5.75 Å². The van der Waals surface area contributed by atoms with E-state index in [0.29, 0.717) is 29.5 Å². The number of hydrogen-bond donors (Lipinski definition) is 3. The number of furan rings is 1. The third-order valence-corrected chi connectivity index (χ3v) is 4.21. The predicted molar refractivity (Wildman–Crippen MR) is 109 cm³/mol. The molecule has 0 radical (unpaired) electrons. The highest BCUT2D eigenvalue weighted by atomic mass is 16.5. The van der Waals surface area contributed by atoms with Crippen LogP contribution in [-0.4, -0.2) is 44.1 Å². The van der Waals surface area contributed by atoms with Crippen LogP contribution in [0, 0.1) is 5.92 Å². The molecular formula is C21H26N2O5. The fraction of sp³-hybridized carbons (Fsp3) is 0.381. The molecule has 3 N–H and O–H groups in total. The number of carbonyl (C=O) groups excluding carboxylic acids is 1. The fourth-order valence-corrected chi connectivity index (χ4v) is 2.89. The first-order valence-electron chi connectivity index (χ1n) is 9.28. The smallest absolute Gasteiger partial charge is 0.319 e. The molecule has 1 heterocycles. The molecule has 150 valence electrons. The second-order valence-corrected chi connectivity index (χ2v) is 7.07. The third kappa shape index (κ3) is 4.74. The summed E-state index contributed by atoms with van der Waals surface area (Å²) in [6, 6.07) is 10.8. The van der Waals surface area contributed by atoms with Gasteiger partial charge in [-0.25, -0.2) is 4.79 Å². The van der Waals surface area contributed by atoms with E-state index in [4.69, 9.17) is 13.9 Å². The summed E-state index contributed by atoms with van der Waals surface area (Å²) in [5, 5.41) is 17.2. The van der Waals surface area contributed by atoms with Crippen LogP contribution < -0.4 is 15.4 Å². The van der Waals surface area contributed by atoms with Crippen LogP contribution in [0.15, 0.2) is 40.8 Å². The van der Waals surface area contributed by atoms with Gasteiger partial charge in [0.15, 0.2) is 0 Å². The highest BCUT2D eigenvalue weighted by Gasteiger charge is 2.14. The van der Waals surface area contributed by atoms with Gasteiger partial charge in [-0.15, -0.1) is 0 Å². The van der Waals surface area contributed by atoms with Crippen molar-refractivity contribution in [2.24, 2.45) is 5.92 Å². The number of rotatable bonds is 8. The van der Waals surface area contributed by atoms with Crippen molar-refractivity contribution in [1.29, 1.82) is 0 Å². The Kier molecular flexibility index (Phi) is 6.38. The van der Waals surface area contributed by atoms with Gasteiger partial charge < -0.3 is 29.6 Å². The van der Waals surface area contributed by atoms with Gasteiger partial charge in [0.25, 0.3) is 0 Å². The van der Waals surface area contributed by atoms with Gasteiger partial charge in [0.05, 0.1) is 25.5 Å². The average Bonchev–Trinajstić information content (AvgIpc) is 3.02. The number of aliphatic hydroxyl groups excluding tert-OH is 1. The molecule has 0 bridgehead atoms. The number of urea groups is 1. The first kappa shape index (κ1) is 20.0. The topological polar surface area (TPSA) is 93.0 Å². The van der Waals surface area contributed by atoms with Gasteiger partial charge in [0, 0.05) is 30.0 Å². The summed E-state index contributed by atoms with van der Waals surface area (Å²) < 4.78 is 16.6. The maximum Gasteiger partial charge on any atom is 0.319 e. The molecule has 2 amide bonds. The predicted octanol–water partition coefficient (Wildman–Crippen LogP) is 3.75. The van der Waals surface area contributed by atoms with Crippen molar-refractivity contribution in [3.63, 3.8) is 0 Å². The molecule has 0 aliphatic heterocycles. The molecule has 0 saturated carbocycles. The van der Waals surface area contributed by atoms with E-state index >= 15 is 0 Å². The maximum atomic E-state index is 12.2. The zero-order chi connectivity index (χ0) is 20.1. The number of para-hydroxylation sites is 1. The maximum absolute atomic E-state index is 12.2. The lowest BCUT2D eigenvalue weighted by atomic mass is 10.1.